The van der Waals surface area contributed by atoms with Gasteiger partial charge in [0.1, 0.15) is 12.4 Å². The summed E-state index contributed by atoms with van der Waals surface area (Å²) in [6, 6.07) is 14.0. The van der Waals surface area contributed by atoms with Gasteiger partial charge in [-0.05, 0) is 29.3 Å². The minimum atomic E-state index is 0.00551. The lowest BCUT2D eigenvalue weighted by Gasteiger charge is -2.35. The van der Waals surface area contributed by atoms with Crippen LogP contribution >= 0.6 is 0 Å². The summed E-state index contributed by atoms with van der Waals surface area (Å²) in [5.74, 6) is 1.49. The first-order chi connectivity index (χ1) is 13.7. The van der Waals surface area contributed by atoms with E-state index in [4.69, 9.17) is 0 Å². The van der Waals surface area contributed by atoms with E-state index in [9.17, 15) is 4.79 Å². The first-order valence-corrected chi connectivity index (χ1v) is 9.54. The van der Waals surface area contributed by atoms with E-state index >= 15 is 0 Å². The van der Waals surface area contributed by atoms with Crippen molar-refractivity contribution in [1.82, 2.24) is 30.1 Å². The molecule has 0 unspecified atom stereocenters. The monoisotopic (exact) mass is 377 g/mol. The fourth-order valence-electron chi connectivity index (χ4n) is 3.26. The molecule has 144 valence electrons. The van der Waals surface area contributed by atoms with Gasteiger partial charge in [-0.15, -0.1) is 10.2 Å². The van der Waals surface area contributed by atoms with Crippen molar-refractivity contribution in [2.45, 2.75) is 19.9 Å². The maximum atomic E-state index is 12.6. The summed E-state index contributed by atoms with van der Waals surface area (Å²) in [4.78, 5) is 22.4. The molecule has 0 N–H and O–H groups in total. The number of aryl methyl sites for hydroxylation is 1. The third-order valence-corrected chi connectivity index (χ3v) is 4.96. The van der Waals surface area contributed by atoms with E-state index in [2.05, 4.69) is 44.4 Å². The van der Waals surface area contributed by atoms with E-state index in [1.54, 1.807) is 6.20 Å². The number of anilines is 1. The summed E-state index contributed by atoms with van der Waals surface area (Å²) in [6.07, 6.45) is 2.78. The predicted molar refractivity (Wildman–Crippen MR) is 106 cm³/mol. The average molecular weight is 377 g/mol. The van der Waals surface area contributed by atoms with E-state index in [1.165, 1.54) is 10.4 Å². The van der Waals surface area contributed by atoms with Crippen LogP contribution in [0.5, 0.6) is 0 Å². The standard InChI is InChI=1S/C20H23N7O/c1-2-16-6-8-17(9-7-16)20-22-24-27(23-20)15-19(28)26-13-11-25(12-14-26)18-5-3-4-10-21-18/h3-10H,2,11-15H2,1H3. The summed E-state index contributed by atoms with van der Waals surface area (Å²) in [5.41, 5.74) is 2.16. The van der Waals surface area contributed by atoms with E-state index in [0.29, 0.717) is 18.9 Å². The molecule has 1 aliphatic rings. The lowest BCUT2D eigenvalue weighted by atomic mass is 10.1. The van der Waals surface area contributed by atoms with Gasteiger partial charge in [-0.3, -0.25) is 4.79 Å². The number of nitrogens with zero attached hydrogens (tertiary/aromatic N) is 7. The zero-order valence-electron chi connectivity index (χ0n) is 15.9. The summed E-state index contributed by atoms with van der Waals surface area (Å²) in [6.45, 7) is 5.07. The average Bonchev–Trinajstić information content (AvgIpc) is 3.23. The fourth-order valence-corrected chi connectivity index (χ4v) is 3.26. The molecule has 2 aromatic heterocycles. The van der Waals surface area contributed by atoms with Crippen LogP contribution in [0.15, 0.2) is 48.7 Å². The number of piperazine rings is 1. The molecule has 0 bridgehead atoms. The third-order valence-electron chi connectivity index (χ3n) is 4.96. The SMILES string of the molecule is CCc1ccc(-c2nnn(CC(=O)N3CCN(c4ccccn4)CC3)n2)cc1. The van der Waals surface area contributed by atoms with E-state index in [-0.39, 0.29) is 12.5 Å². The Bertz CT molecular complexity index is 915. The number of hydrogen-bond donors (Lipinski definition) is 0. The molecule has 4 rings (SSSR count). The molecule has 1 fully saturated rings. The Labute approximate surface area is 163 Å². The Morgan fingerprint density at radius 1 is 1.04 bits per heavy atom. The van der Waals surface area contributed by atoms with Crippen LogP contribution in [0.3, 0.4) is 0 Å². The van der Waals surface area contributed by atoms with Gasteiger partial charge in [0.15, 0.2) is 0 Å². The van der Waals surface area contributed by atoms with Crippen LogP contribution in [0.1, 0.15) is 12.5 Å². The molecule has 0 atom stereocenters. The molecule has 8 nitrogen and oxygen atoms in total. The largest absolute Gasteiger partial charge is 0.353 e. The molecule has 1 aliphatic heterocycles. The number of carbonyl (C=O) groups excluding carboxylic acids is 1. The Hall–Kier alpha value is -3.29. The molecule has 0 radical (unpaired) electrons. The van der Waals surface area contributed by atoms with Crippen LogP contribution in [-0.4, -0.2) is 62.2 Å². The van der Waals surface area contributed by atoms with E-state index in [1.807, 2.05) is 35.2 Å². The van der Waals surface area contributed by atoms with Gasteiger partial charge in [0, 0.05) is 37.9 Å². The van der Waals surface area contributed by atoms with Gasteiger partial charge in [-0.2, -0.15) is 4.80 Å². The number of tetrazole rings is 1. The number of hydrogen-bond acceptors (Lipinski definition) is 6. The van der Waals surface area contributed by atoms with Crippen molar-refractivity contribution >= 4 is 11.7 Å². The number of pyridine rings is 1. The summed E-state index contributed by atoms with van der Waals surface area (Å²) >= 11 is 0. The molecular weight excluding hydrogens is 354 g/mol. The first kappa shape index (κ1) is 18.1. The molecule has 3 heterocycles. The van der Waals surface area contributed by atoms with Crippen molar-refractivity contribution in [1.29, 1.82) is 0 Å². The molecule has 1 saturated heterocycles. The molecule has 0 aliphatic carbocycles. The second kappa shape index (κ2) is 8.16. The van der Waals surface area contributed by atoms with Gasteiger partial charge in [0.25, 0.3) is 0 Å². The van der Waals surface area contributed by atoms with Crippen LogP contribution in [0.4, 0.5) is 5.82 Å². The van der Waals surface area contributed by atoms with Gasteiger partial charge >= 0.3 is 0 Å². The van der Waals surface area contributed by atoms with Crippen LogP contribution in [0.2, 0.25) is 0 Å². The van der Waals surface area contributed by atoms with Crippen molar-refractivity contribution < 1.29 is 4.79 Å². The van der Waals surface area contributed by atoms with Crippen molar-refractivity contribution in [2.75, 3.05) is 31.1 Å². The quantitative estimate of drug-likeness (QED) is 0.673. The van der Waals surface area contributed by atoms with Crippen molar-refractivity contribution in [2.24, 2.45) is 0 Å². The second-order valence-electron chi connectivity index (χ2n) is 6.75. The Morgan fingerprint density at radius 3 is 2.50 bits per heavy atom. The molecule has 3 aromatic rings. The number of carbonyl (C=O) groups is 1. The van der Waals surface area contributed by atoms with Crippen LogP contribution in [-0.2, 0) is 17.8 Å². The first-order valence-electron chi connectivity index (χ1n) is 9.54. The van der Waals surface area contributed by atoms with Crippen LogP contribution in [0, 0.1) is 0 Å². The second-order valence-corrected chi connectivity index (χ2v) is 6.75. The molecule has 8 heteroatoms. The zero-order valence-corrected chi connectivity index (χ0v) is 15.9. The molecule has 0 saturated carbocycles. The van der Waals surface area contributed by atoms with Gasteiger partial charge in [-0.1, -0.05) is 37.3 Å². The normalized spacial score (nSPS) is 14.3. The highest BCUT2D eigenvalue weighted by Crippen LogP contribution is 2.15. The highest BCUT2D eigenvalue weighted by molar-refractivity contribution is 5.76. The molecule has 1 amide bonds. The van der Waals surface area contributed by atoms with E-state index in [0.717, 1.165) is 30.9 Å². The van der Waals surface area contributed by atoms with Crippen LogP contribution in [0.25, 0.3) is 11.4 Å². The minimum absolute atomic E-state index is 0.00551. The molecule has 0 spiro atoms. The maximum absolute atomic E-state index is 12.6. The smallest absolute Gasteiger partial charge is 0.246 e. The fraction of sp³-hybridized carbons (Fsp3) is 0.350. The van der Waals surface area contributed by atoms with Gasteiger partial charge in [0.2, 0.25) is 11.7 Å². The summed E-state index contributed by atoms with van der Waals surface area (Å²) in [5, 5.41) is 12.5. The van der Waals surface area contributed by atoms with Gasteiger partial charge in [0.05, 0.1) is 0 Å². The Kier molecular flexibility index (Phi) is 5.27. The summed E-state index contributed by atoms with van der Waals surface area (Å²) in [7, 11) is 0. The van der Waals surface area contributed by atoms with E-state index < -0.39 is 0 Å². The highest BCUT2D eigenvalue weighted by atomic mass is 16.2. The number of amides is 1. The number of rotatable bonds is 5. The summed E-state index contributed by atoms with van der Waals surface area (Å²) < 4.78 is 0. The maximum Gasteiger partial charge on any atom is 0.246 e. The van der Waals surface area contributed by atoms with Crippen molar-refractivity contribution in [3.63, 3.8) is 0 Å². The molecule has 28 heavy (non-hydrogen) atoms. The number of benzene rings is 1. The van der Waals surface area contributed by atoms with Crippen molar-refractivity contribution in [3.8, 4) is 11.4 Å². The number of aromatic nitrogens is 5. The molecular formula is C20H23N7O. The lowest BCUT2D eigenvalue weighted by Crippen LogP contribution is -2.50. The third kappa shape index (κ3) is 4.00. The Balaban J connectivity index is 1.34. The zero-order chi connectivity index (χ0) is 19.3. The Morgan fingerprint density at radius 2 is 1.82 bits per heavy atom. The van der Waals surface area contributed by atoms with Gasteiger partial charge < -0.3 is 9.80 Å². The van der Waals surface area contributed by atoms with Crippen LogP contribution < -0.4 is 4.90 Å². The minimum Gasteiger partial charge on any atom is -0.353 e. The van der Waals surface area contributed by atoms with Gasteiger partial charge in [-0.25, -0.2) is 4.98 Å². The predicted octanol–water partition coefficient (Wildman–Crippen LogP) is 1.65. The lowest BCUT2D eigenvalue weighted by molar-refractivity contribution is -0.132. The van der Waals surface area contributed by atoms with Crippen molar-refractivity contribution in [3.05, 3.63) is 54.2 Å². The topological polar surface area (TPSA) is 80.0 Å². The highest BCUT2D eigenvalue weighted by Gasteiger charge is 2.22. The molecule has 1 aromatic carbocycles.